The fraction of sp³-hybridized carbons (Fsp3) is 0.667. The second-order valence-corrected chi connectivity index (χ2v) is 6.33. The zero-order chi connectivity index (χ0) is 15.3. The Morgan fingerprint density at radius 2 is 2.05 bits per heavy atom. The largest absolute Gasteiger partial charge is 0.395 e. The molecular weight excluding hydrogens is 262 g/mol. The van der Waals surface area contributed by atoms with Crippen molar-refractivity contribution >= 4 is 0 Å². The minimum atomic E-state index is 0.117. The van der Waals surface area contributed by atoms with Gasteiger partial charge in [0.25, 0.3) is 0 Å². The molecule has 0 radical (unpaired) electrons. The summed E-state index contributed by atoms with van der Waals surface area (Å²) in [7, 11) is 0. The predicted octanol–water partition coefficient (Wildman–Crippen LogP) is 2.77. The van der Waals surface area contributed by atoms with E-state index in [0.29, 0.717) is 12.1 Å². The summed E-state index contributed by atoms with van der Waals surface area (Å²) in [5.74, 6) is 0. The minimum Gasteiger partial charge on any atom is -0.395 e. The van der Waals surface area contributed by atoms with Gasteiger partial charge in [-0.25, -0.2) is 0 Å². The molecule has 0 heterocycles. The zero-order valence-corrected chi connectivity index (χ0v) is 13.5. The van der Waals surface area contributed by atoms with Crippen molar-refractivity contribution in [2.24, 2.45) is 5.41 Å². The number of aliphatic hydroxyl groups is 1. The highest BCUT2D eigenvalue weighted by molar-refractivity contribution is 5.16. The zero-order valence-electron chi connectivity index (χ0n) is 13.5. The normalized spacial score (nSPS) is 29.9. The Morgan fingerprint density at radius 3 is 2.62 bits per heavy atom. The Balaban J connectivity index is 1.93. The van der Waals surface area contributed by atoms with Crippen LogP contribution in [-0.2, 0) is 11.2 Å². The summed E-state index contributed by atoms with van der Waals surface area (Å²) >= 11 is 0. The maximum absolute atomic E-state index is 9.67. The van der Waals surface area contributed by atoms with Crippen LogP contribution in [0.15, 0.2) is 30.3 Å². The van der Waals surface area contributed by atoms with Gasteiger partial charge >= 0.3 is 0 Å². The molecule has 1 saturated carbocycles. The van der Waals surface area contributed by atoms with Gasteiger partial charge in [0.15, 0.2) is 0 Å². The lowest BCUT2D eigenvalue weighted by molar-refractivity contribution is -0.129. The highest BCUT2D eigenvalue weighted by atomic mass is 16.5. The molecule has 1 aliphatic rings. The van der Waals surface area contributed by atoms with E-state index in [-0.39, 0.29) is 18.1 Å². The summed E-state index contributed by atoms with van der Waals surface area (Å²) in [6.07, 6.45) is 3.36. The summed E-state index contributed by atoms with van der Waals surface area (Å²) in [6, 6.07) is 10.9. The number of benzene rings is 1. The third kappa shape index (κ3) is 3.65. The average molecular weight is 291 g/mol. The third-order valence-electron chi connectivity index (χ3n) is 5.09. The van der Waals surface area contributed by atoms with Gasteiger partial charge in [0.1, 0.15) is 0 Å². The van der Waals surface area contributed by atoms with E-state index in [9.17, 15) is 5.11 Å². The van der Waals surface area contributed by atoms with E-state index >= 15 is 0 Å². The quantitative estimate of drug-likeness (QED) is 0.774. The molecule has 1 fully saturated rings. The molecule has 0 spiro atoms. The molecule has 3 heteroatoms. The molecule has 4 atom stereocenters. The van der Waals surface area contributed by atoms with Gasteiger partial charge in [-0.3, -0.25) is 0 Å². The molecule has 2 N–H and O–H groups in total. The molecule has 2 rings (SSSR count). The number of hydrogen-bond donors (Lipinski definition) is 2. The summed E-state index contributed by atoms with van der Waals surface area (Å²) in [5.41, 5.74) is 1.45. The maximum atomic E-state index is 9.67. The highest BCUT2D eigenvalue weighted by Crippen LogP contribution is 2.46. The van der Waals surface area contributed by atoms with Crippen LogP contribution in [0.1, 0.15) is 39.2 Å². The molecule has 1 aliphatic carbocycles. The molecule has 0 amide bonds. The minimum absolute atomic E-state index is 0.117. The van der Waals surface area contributed by atoms with Crippen LogP contribution < -0.4 is 5.32 Å². The topological polar surface area (TPSA) is 41.5 Å². The van der Waals surface area contributed by atoms with Gasteiger partial charge < -0.3 is 15.2 Å². The third-order valence-corrected chi connectivity index (χ3v) is 5.09. The van der Waals surface area contributed by atoms with Gasteiger partial charge in [-0.15, -0.1) is 0 Å². The first-order chi connectivity index (χ1) is 10.1. The monoisotopic (exact) mass is 291 g/mol. The number of nitrogens with one attached hydrogen (secondary N) is 1. The number of aliphatic hydroxyl groups excluding tert-OH is 1. The van der Waals surface area contributed by atoms with E-state index in [4.69, 9.17) is 4.74 Å². The van der Waals surface area contributed by atoms with Crippen molar-refractivity contribution in [3.63, 3.8) is 0 Å². The molecule has 0 saturated heterocycles. The van der Waals surface area contributed by atoms with Crippen LogP contribution in [0.5, 0.6) is 0 Å². The van der Waals surface area contributed by atoms with E-state index in [1.807, 2.05) is 18.2 Å². The molecule has 3 nitrogen and oxygen atoms in total. The van der Waals surface area contributed by atoms with Crippen LogP contribution in [0.3, 0.4) is 0 Å². The van der Waals surface area contributed by atoms with E-state index in [2.05, 4.69) is 38.2 Å². The smallest absolute Gasteiger partial charge is 0.0658 e. The fourth-order valence-electron chi connectivity index (χ4n) is 3.37. The molecule has 0 bridgehead atoms. The SMILES string of the molecule is CCOC1CC(N[C@H](CO)Cc2ccccc2)C1(C)CC. The fourth-order valence-corrected chi connectivity index (χ4v) is 3.37. The lowest BCUT2D eigenvalue weighted by Crippen LogP contribution is -2.64. The van der Waals surface area contributed by atoms with E-state index in [1.54, 1.807) is 0 Å². The Hall–Kier alpha value is -0.900. The summed E-state index contributed by atoms with van der Waals surface area (Å²) in [6.45, 7) is 7.53. The summed E-state index contributed by atoms with van der Waals surface area (Å²) < 4.78 is 5.85. The Labute approximate surface area is 128 Å². The van der Waals surface area contributed by atoms with Crippen LogP contribution >= 0.6 is 0 Å². The van der Waals surface area contributed by atoms with Gasteiger partial charge in [0.05, 0.1) is 12.7 Å². The first-order valence-corrected chi connectivity index (χ1v) is 8.16. The van der Waals surface area contributed by atoms with Gasteiger partial charge in [0.2, 0.25) is 0 Å². The van der Waals surface area contributed by atoms with Crippen molar-refractivity contribution in [3.8, 4) is 0 Å². The van der Waals surface area contributed by atoms with Crippen LogP contribution in [0.25, 0.3) is 0 Å². The van der Waals surface area contributed by atoms with Crippen LogP contribution in [0, 0.1) is 5.41 Å². The maximum Gasteiger partial charge on any atom is 0.0658 e. The summed E-state index contributed by atoms with van der Waals surface area (Å²) in [4.78, 5) is 0. The number of rotatable bonds is 8. The van der Waals surface area contributed by atoms with Crippen molar-refractivity contribution < 1.29 is 9.84 Å². The van der Waals surface area contributed by atoms with E-state index < -0.39 is 0 Å². The molecule has 1 aromatic rings. The standard InChI is InChI=1S/C18H29NO2/c1-4-18(3)16(12-17(18)21-5-2)19-15(13-20)11-14-9-7-6-8-10-14/h6-10,15-17,19-20H,4-5,11-13H2,1-3H3/t15-,16?,17?,18?/m0/s1. The average Bonchev–Trinajstić information content (AvgIpc) is 2.52. The van der Waals surface area contributed by atoms with E-state index in [0.717, 1.165) is 25.9 Å². The van der Waals surface area contributed by atoms with Crippen molar-refractivity contribution in [1.82, 2.24) is 5.32 Å². The van der Waals surface area contributed by atoms with Gasteiger partial charge in [0, 0.05) is 24.1 Å². The predicted molar refractivity (Wildman–Crippen MR) is 86.4 cm³/mol. The second-order valence-electron chi connectivity index (χ2n) is 6.33. The Bertz CT molecular complexity index is 422. The Morgan fingerprint density at radius 1 is 1.33 bits per heavy atom. The van der Waals surface area contributed by atoms with Crippen molar-refractivity contribution in [1.29, 1.82) is 0 Å². The van der Waals surface area contributed by atoms with Crippen LogP contribution in [0.2, 0.25) is 0 Å². The molecular formula is C18H29NO2. The van der Waals surface area contributed by atoms with Crippen molar-refractivity contribution in [2.45, 2.75) is 58.2 Å². The van der Waals surface area contributed by atoms with Gasteiger partial charge in [-0.2, -0.15) is 0 Å². The van der Waals surface area contributed by atoms with Crippen molar-refractivity contribution in [2.75, 3.05) is 13.2 Å². The van der Waals surface area contributed by atoms with E-state index in [1.165, 1.54) is 5.56 Å². The molecule has 3 unspecified atom stereocenters. The Kier molecular flexibility index (Phi) is 5.80. The molecule has 21 heavy (non-hydrogen) atoms. The molecule has 1 aromatic carbocycles. The second kappa shape index (κ2) is 7.39. The first-order valence-electron chi connectivity index (χ1n) is 8.16. The first kappa shape index (κ1) is 16.5. The molecule has 0 aromatic heterocycles. The van der Waals surface area contributed by atoms with Crippen molar-refractivity contribution in [3.05, 3.63) is 35.9 Å². The molecule has 0 aliphatic heterocycles. The van der Waals surface area contributed by atoms with Crippen LogP contribution in [0.4, 0.5) is 0 Å². The number of ether oxygens (including phenoxy) is 1. The van der Waals surface area contributed by atoms with Gasteiger partial charge in [-0.05, 0) is 31.7 Å². The number of hydrogen-bond acceptors (Lipinski definition) is 3. The highest BCUT2D eigenvalue weighted by Gasteiger charge is 2.51. The van der Waals surface area contributed by atoms with Gasteiger partial charge in [-0.1, -0.05) is 44.2 Å². The van der Waals surface area contributed by atoms with Crippen LogP contribution in [-0.4, -0.2) is 36.5 Å². The summed E-state index contributed by atoms with van der Waals surface area (Å²) in [5, 5.41) is 13.3. The lowest BCUT2D eigenvalue weighted by atomic mass is 9.61. The lowest BCUT2D eigenvalue weighted by Gasteiger charge is -2.54. The molecule has 118 valence electrons.